The van der Waals surface area contributed by atoms with E-state index in [1.807, 2.05) is 24.3 Å². The number of β-lactam (4-membered cyclic amide) rings is 1. The Balaban J connectivity index is 1.84. The van der Waals surface area contributed by atoms with Crippen LogP contribution < -0.4 is 9.64 Å². The fraction of sp³-hybridized carbons (Fsp3) is 0.462. The second-order valence-corrected chi connectivity index (χ2v) is 4.68. The number of hydrogen-bond donors (Lipinski definition) is 1. The minimum absolute atomic E-state index is 0.0177. The predicted octanol–water partition coefficient (Wildman–Crippen LogP) is 1.18. The van der Waals surface area contributed by atoms with Crippen LogP contribution in [0.5, 0.6) is 5.75 Å². The van der Waals surface area contributed by atoms with Gasteiger partial charge in [0, 0.05) is 5.69 Å². The van der Waals surface area contributed by atoms with Crippen molar-refractivity contribution in [3.05, 3.63) is 24.3 Å². The molecule has 1 amide bonds. The first-order valence-electron chi connectivity index (χ1n) is 5.87. The molecule has 1 heterocycles. The number of hydrogen-bond acceptors (Lipinski definition) is 3. The van der Waals surface area contributed by atoms with Crippen molar-refractivity contribution in [2.45, 2.75) is 25.0 Å². The predicted molar refractivity (Wildman–Crippen MR) is 63.0 cm³/mol. The lowest BCUT2D eigenvalue weighted by molar-refractivity contribution is -0.137. The molecule has 90 valence electrons. The van der Waals surface area contributed by atoms with Crippen molar-refractivity contribution in [1.82, 2.24) is 0 Å². The summed E-state index contributed by atoms with van der Waals surface area (Å²) in [6.07, 6.45) is 1.42. The van der Waals surface area contributed by atoms with Gasteiger partial charge >= 0.3 is 0 Å². The Morgan fingerprint density at radius 3 is 2.47 bits per heavy atom. The van der Waals surface area contributed by atoms with E-state index in [0.717, 1.165) is 24.3 Å². The van der Waals surface area contributed by atoms with Crippen molar-refractivity contribution in [2.75, 3.05) is 12.0 Å². The molecule has 2 aliphatic rings. The van der Waals surface area contributed by atoms with Crippen LogP contribution in [0.4, 0.5) is 5.69 Å². The molecule has 0 radical (unpaired) electrons. The monoisotopic (exact) mass is 233 g/mol. The highest BCUT2D eigenvalue weighted by Gasteiger charge is 2.53. The van der Waals surface area contributed by atoms with Crippen LogP contribution in [-0.4, -0.2) is 30.3 Å². The second kappa shape index (κ2) is 3.74. The molecular weight excluding hydrogens is 218 g/mol. The van der Waals surface area contributed by atoms with Gasteiger partial charge < -0.3 is 14.7 Å². The second-order valence-electron chi connectivity index (χ2n) is 4.68. The number of nitrogens with zero attached hydrogens (tertiary/aromatic N) is 1. The van der Waals surface area contributed by atoms with Crippen LogP contribution >= 0.6 is 0 Å². The molecule has 1 aliphatic carbocycles. The molecule has 17 heavy (non-hydrogen) atoms. The molecule has 2 fully saturated rings. The van der Waals surface area contributed by atoms with Gasteiger partial charge in [0.2, 0.25) is 0 Å². The third-order valence-electron chi connectivity index (χ3n) is 3.57. The van der Waals surface area contributed by atoms with E-state index in [4.69, 9.17) is 4.74 Å². The minimum atomic E-state index is -0.801. The zero-order valence-electron chi connectivity index (χ0n) is 9.67. The Morgan fingerprint density at radius 1 is 1.29 bits per heavy atom. The lowest BCUT2D eigenvalue weighted by Crippen LogP contribution is -2.66. The standard InChI is InChI=1S/C13H15NO3/c1-17-10-6-4-9(5-7-10)14-11(8-2-3-8)12(15)13(14)16/h4-8,11-12,15H,2-3H2,1H3/t11-,12+/m0/s1. The first-order chi connectivity index (χ1) is 8.22. The highest BCUT2D eigenvalue weighted by atomic mass is 16.5. The molecule has 3 rings (SSSR count). The van der Waals surface area contributed by atoms with Gasteiger partial charge in [-0.3, -0.25) is 4.79 Å². The van der Waals surface area contributed by atoms with Crippen molar-refractivity contribution in [2.24, 2.45) is 5.92 Å². The largest absolute Gasteiger partial charge is 0.497 e. The fourth-order valence-electron chi connectivity index (χ4n) is 2.44. The van der Waals surface area contributed by atoms with Gasteiger partial charge in [0.1, 0.15) is 5.75 Å². The molecule has 4 heteroatoms. The molecule has 1 aromatic rings. The van der Waals surface area contributed by atoms with Crippen molar-refractivity contribution in [3.63, 3.8) is 0 Å². The molecule has 1 saturated heterocycles. The number of methoxy groups -OCH3 is 1. The third-order valence-corrected chi connectivity index (χ3v) is 3.57. The highest BCUT2D eigenvalue weighted by Crippen LogP contribution is 2.43. The molecule has 2 atom stereocenters. The van der Waals surface area contributed by atoms with Crippen LogP contribution in [0.15, 0.2) is 24.3 Å². The van der Waals surface area contributed by atoms with Crippen LogP contribution in [-0.2, 0) is 4.79 Å². The fourth-order valence-corrected chi connectivity index (χ4v) is 2.44. The van der Waals surface area contributed by atoms with Crippen LogP contribution in [0, 0.1) is 5.92 Å². The van der Waals surface area contributed by atoms with E-state index < -0.39 is 6.10 Å². The van der Waals surface area contributed by atoms with Crippen molar-refractivity contribution in [3.8, 4) is 5.75 Å². The summed E-state index contributed by atoms with van der Waals surface area (Å²) >= 11 is 0. The third kappa shape index (κ3) is 1.60. The van der Waals surface area contributed by atoms with Gasteiger partial charge in [-0.2, -0.15) is 0 Å². The van der Waals surface area contributed by atoms with E-state index in [1.165, 1.54) is 0 Å². The van der Waals surface area contributed by atoms with E-state index in [9.17, 15) is 9.90 Å². The molecule has 0 bridgehead atoms. The van der Waals surface area contributed by atoms with Crippen LogP contribution in [0.1, 0.15) is 12.8 Å². The molecule has 1 aromatic carbocycles. The van der Waals surface area contributed by atoms with E-state index in [-0.39, 0.29) is 11.9 Å². The Bertz CT molecular complexity index is 438. The number of amides is 1. The molecule has 1 aliphatic heterocycles. The van der Waals surface area contributed by atoms with Gasteiger partial charge in [0.25, 0.3) is 5.91 Å². The highest BCUT2D eigenvalue weighted by molar-refractivity contribution is 6.04. The van der Waals surface area contributed by atoms with Gasteiger partial charge in [-0.25, -0.2) is 0 Å². The summed E-state index contributed by atoms with van der Waals surface area (Å²) in [5.41, 5.74) is 0.845. The quantitative estimate of drug-likeness (QED) is 0.798. The maximum absolute atomic E-state index is 11.7. The van der Waals surface area contributed by atoms with Crippen LogP contribution in [0.3, 0.4) is 0 Å². The van der Waals surface area contributed by atoms with E-state index in [1.54, 1.807) is 12.0 Å². The lowest BCUT2D eigenvalue weighted by atomic mass is 9.92. The maximum atomic E-state index is 11.7. The first-order valence-corrected chi connectivity index (χ1v) is 5.87. The molecule has 1 saturated carbocycles. The molecule has 0 spiro atoms. The first kappa shape index (κ1) is 10.6. The molecule has 0 aromatic heterocycles. The smallest absolute Gasteiger partial charge is 0.258 e. The number of rotatable bonds is 3. The summed E-state index contributed by atoms with van der Waals surface area (Å²) in [5.74, 6) is 1.06. The summed E-state index contributed by atoms with van der Waals surface area (Å²) in [7, 11) is 1.61. The number of carbonyl (C=O) groups excluding carboxylic acids is 1. The van der Waals surface area contributed by atoms with Gasteiger partial charge in [0.05, 0.1) is 13.2 Å². The summed E-state index contributed by atoms with van der Waals surface area (Å²) in [6, 6.07) is 7.36. The Morgan fingerprint density at radius 2 is 1.94 bits per heavy atom. The minimum Gasteiger partial charge on any atom is -0.497 e. The molecule has 0 unspecified atom stereocenters. The maximum Gasteiger partial charge on any atom is 0.258 e. The van der Waals surface area contributed by atoms with Crippen molar-refractivity contribution < 1.29 is 14.6 Å². The molecular formula is C13H15NO3. The number of benzene rings is 1. The number of aliphatic hydroxyl groups excluding tert-OH is 1. The summed E-state index contributed by atoms with van der Waals surface area (Å²) in [5, 5.41) is 9.70. The Labute approximate surface area is 99.8 Å². The van der Waals surface area contributed by atoms with Gasteiger partial charge in [-0.05, 0) is 43.0 Å². The number of carbonyl (C=O) groups is 1. The number of anilines is 1. The zero-order chi connectivity index (χ0) is 12.0. The normalized spacial score (nSPS) is 27.9. The lowest BCUT2D eigenvalue weighted by Gasteiger charge is -2.44. The van der Waals surface area contributed by atoms with Gasteiger partial charge in [-0.15, -0.1) is 0 Å². The van der Waals surface area contributed by atoms with Crippen LogP contribution in [0.2, 0.25) is 0 Å². The average molecular weight is 233 g/mol. The molecule has 1 N–H and O–H groups in total. The summed E-state index contributed by atoms with van der Waals surface area (Å²) < 4.78 is 5.08. The van der Waals surface area contributed by atoms with E-state index in [2.05, 4.69) is 0 Å². The Hall–Kier alpha value is -1.55. The van der Waals surface area contributed by atoms with Crippen LogP contribution in [0.25, 0.3) is 0 Å². The number of ether oxygens (including phenoxy) is 1. The van der Waals surface area contributed by atoms with Crippen molar-refractivity contribution in [1.29, 1.82) is 0 Å². The average Bonchev–Trinajstić information content (AvgIpc) is 3.19. The van der Waals surface area contributed by atoms with Crippen molar-refractivity contribution >= 4 is 11.6 Å². The summed E-state index contributed by atoms with van der Waals surface area (Å²) in [4.78, 5) is 13.4. The SMILES string of the molecule is COc1ccc(N2C(=O)[C@H](O)[C@@H]2C2CC2)cc1. The van der Waals surface area contributed by atoms with Gasteiger partial charge in [-0.1, -0.05) is 0 Å². The van der Waals surface area contributed by atoms with E-state index >= 15 is 0 Å². The summed E-state index contributed by atoms with van der Waals surface area (Å²) in [6.45, 7) is 0. The zero-order valence-corrected chi connectivity index (χ0v) is 9.67. The van der Waals surface area contributed by atoms with Gasteiger partial charge in [0.15, 0.2) is 6.10 Å². The van der Waals surface area contributed by atoms with E-state index in [0.29, 0.717) is 5.92 Å². The topological polar surface area (TPSA) is 49.8 Å². The molecule has 4 nitrogen and oxygen atoms in total. The Kier molecular flexibility index (Phi) is 2.33. The number of aliphatic hydroxyl groups is 1.